The number of fused-ring (bicyclic) bond motifs is 2. The standard InChI is InChI=1S/C28H21BrN4O4/c1-2-37-28(36)22-16-21-24(30-23-13-6-7-14-32(23)27(21)35)33(17-18-9-4-3-5-10-18)25(22)31-26(34)19-11-8-12-20(29)15-19/h3-16H,2,17H2,1H3. The molecule has 5 rings (SSSR count). The molecule has 5 aromatic rings. The van der Waals surface area contributed by atoms with Crippen LogP contribution in [0.4, 0.5) is 0 Å². The molecule has 0 fully saturated rings. The summed E-state index contributed by atoms with van der Waals surface area (Å²) in [5.74, 6) is -1.24. The number of ether oxygens (including phenoxy) is 1. The number of hydrogen-bond donors (Lipinski definition) is 0. The summed E-state index contributed by atoms with van der Waals surface area (Å²) in [5, 5.41) is 0.205. The first-order valence-electron chi connectivity index (χ1n) is 11.6. The fourth-order valence-electron chi connectivity index (χ4n) is 4.06. The van der Waals surface area contributed by atoms with E-state index >= 15 is 0 Å². The minimum Gasteiger partial charge on any atom is -0.462 e. The molecule has 0 aliphatic carbocycles. The maximum Gasteiger partial charge on any atom is 0.341 e. The van der Waals surface area contributed by atoms with E-state index < -0.39 is 11.9 Å². The van der Waals surface area contributed by atoms with Gasteiger partial charge in [0.05, 0.1) is 18.5 Å². The van der Waals surface area contributed by atoms with Gasteiger partial charge in [-0.1, -0.05) is 58.4 Å². The zero-order chi connectivity index (χ0) is 25.9. The van der Waals surface area contributed by atoms with E-state index in [-0.39, 0.29) is 35.1 Å². The smallest absolute Gasteiger partial charge is 0.341 e. The number of nitrogens with zero attached hydrogens (tertiary/aromatic N) is 4. The first-order chi connectivity index (χ1) is 18.0. The number of aromatic nitrogens is 3. The lowest BCUT2D eigenvalue weighted by atomic mass is 10.1. The van der Waals surface area contributed by atoms with Gasteiger partial charge < -0.3 is 9.30 Å². The summed E-state index contributed by atoms with van der Waals surface area (Å²) in [6.07, 6.45) is 1.62. The molecule has 9 heteroatoms. The van der Waals surface area contributed by atoms with E-state index in [0.29, 0.717) is 16.9 Å². The largest absolute Gasteiger partial charge is 0.462 e. The van der Waals surface area contributed by atoms with Crippen LogP contribution < -0.4 is 11.0 Å². The fourth-order valence-corrected chi connectivity index (χ4v) is 4.45. The van der Waals surface area contributed by atoms with E-state index in [1.807, 2.05) is 30.3 Å². The summed E-state index contributed by atoms with van der Waals surface area (Å²) in [4.78, 5) is 49.0. The van der Waals surface area contributed by atoms with Crippen LogP contribution >= 0.6 is 15.9 Å². The highest BCUT2D eigenvalue weighted by molar-refractivity contribution is 9.10. The highest BCUT2D eigenvalue weighted by Crippen LogP contribution is 2.15. The second kappa shape index (κ2) is 10.3. The highest BCUT2D eigenvalue weighted by atomic mass is 79.9. The van der Waals surface area contributed by atoms with E-state index in [4.69, 9.17) is 9.72 Å². The van der Waals surface area contributed by atoms with Gasteiger partial charge in [-0.2, -0.15) is 4.99 Å². The summed E-state index contributed by atoms with van der Waals surface area (Å²) < 4.78 is 9.05. The predicted octanol–water partition coefficient (Wildman–Crippen LogP) is 4.38. The van der Waals surface area contributed by atoms with Gasteiger partial charge in [-0.25, -0.2) is 9.78 Å². The number of benzene rings is 2. The van der Waals surface area contributed by atoms with Crippen LogP contribution in [0.15, 0.2) is 99.3 Å². The Morgan fingerprint density at radius 1 is 1.00 bits per heavy atom. The molecule has 0 spiro atoms. The van der Waals surface area contributed by atoms with Crippen LogP contribution in [-0.2, 0) is 11.3 Å². The number of rotatable bonds is 5. The van der Waals surface area contributed by atoms with Crippen LogP contribution in [0.5, 0.6) is 0 Å². The van der Waals surface area contributed by atoms with Crippen molar-refractivity contribution in [2.75, 3.05) is 6.61 Å². The molecule has 0 saturated carbocycles. The van der Waals surface area contributed by atoms with Crippen molar-refractivity contribution >= 4 is 44.5 Å². The van der Waals surface area contributed by atoms with Crippen LogP contribution in [-0.4, -0.2) is 32.4 Å². The van der Waals surface area contributed by atoms with Crippen molar-refractivity contribution in [2.24, 2.45) is 4.99 Å². The summed E-state index contributed by atoms with van der Waals surface area (Å²) >= 11 is 3.38. The molecular formula is C28H21BrN4O4. The van der Waals surface area contributed by atoms with Gasteiger partial charge in [-0.3, -0.25) is 14.0 Å². The topological polar surface area (TPSA) is 95.0 Å². The molecule has 184 valence electrons. The number of carbonyl (C=O) groups is 2. The highest BCUT2D eigenvalue weighted by Gasteiger charge is 2.20. The van der Waals surface area contributed by atoms with Crippen LogP contribution in [0.25, 0.3) is 16.7 Å². The SMILES string of the molecule is CCOC(=O)c1cc2c(=O)n3ccccc3nc2n(Cc2ccccc2)c1=NC(=O)c1cccc(Br)c1. The molecule has 3 aromatic heterocycles. The molecule has 0 bridgehead atoms. The summed E-state index contributed by atoms with van der Waals surface area (Å²) in [7, 11) is 0. The zero-order valence-electron chi connectivity index (χ0n) is 19.8. The van der Waals surface area contributed by atoms with Crippen molar-refractivity contribution in [1.82, 2.24) is 14.0 Å². The fraction of sp³-hybridized carbons (Fsp3) is 0.107. The van der Waals surface area contributed by atoms with Gasteiger partial charge >= 0.3 is 5.97 Å². The van der Waals surface area contributed by atoms with E-state index in [0.717, 1.165) is 10.0 Å². The molecule has 1 amide bonds. The van der Waals surface area contributed by atoms with Gasteiger partial charge in [0.15, 0.2) is 5.49 Å². The number of amides is 1. The van der Waals surface area contributed by atoms with Crippen molar-refractivity contribution < 1.29 is 14.3 Å². The van der Waals surface area contributed by atoms with Gasteiger partial charge in [0, 0.05) is 16.2 Å². The third-order valence-electron chi connectivity index (χ3n) is 5.75. The lowest BCUT2D eigenvalue weighted by Gasteiger charge is -2.15. The Bertz CT molecular complexity index is 1790. The third kappa shape index (κ3) is 4.85. The molecule has 0 atom stereocenters. The van der Waals surface area contributed by atoms with Gasteiger partial charge in [0.25, 0.3) is 11.5 Å². The van der Waals surface area contributed by atoms with E-state index in [1.165, 1.54) is 10.5 Å². The molecule has 0 N–H and O–H groups in total. The summed E-state index contributed by atoms with van der Waals surface area (Å²) in [5.41, 5.74) is 1.65. The molecule has 3 heterocycles. The predicted molar refractivity (Wildman–Crippen MR) is 142 cm³/mol. The quantitative estimate of drug-likeness (QED) is 0.236. The molecule has 0 aliphatic rings. The Hall–Kier alpha value is -4.37. The van der Waals surface area contributed by atoms with Crippen molar-refractivity contribution in [3.8, 4) is 0 Å². The van der Waals surface area contributed by atoms with Crippen LogP contribution in [0, 0.1) is 0 Å². The number of halogens is 1. The van der Waals surface area contributed by atoms with Crippen molar-refractivity contribution in [3.05, 3.63) is 122 Å². The van der Waals surface area contributed by atoms with Crippen molar-refractivity contribution in [1.29, 1.82) is 0 Å². The molecular weight excluding hydrogens is 536 g/mol. The Kier molecular flexibility index (Phi) is 6.78. The molecule has 8 nitrogen and oxygen atoms in total. The number of carbonyl (C=O) groups excluding carboxylic acids is 2. The van der Waals surface area contributed by atoms with Gasteiger partial charge in [0.2, 0.25) is 0 Å². The molecule has 0 unspecified atom stereocenters. The Labute approximate surface area is 219 Å². The van der Waals surface area contributed by atoms with Crippen molar-refractivity contribution in [3.63, 3.8) is 0 Å². The minimum absolute atomic E-state index is 0.00316. The third-order valence-corrected chi connectivity index (χ3v) is 6.24. The van der Waals surface area contributed by atoms with Gasteiger partial charge in [-0.05, 0) is 48.9 Å². The van der Waals surface area contributed by atoms with Crippen LogP contribution in [0.1, 0.15) is 33.2 Å². The lowest BCUT2D eigenvalue weighted by molar-refractivity contribution is 0.0523. The molecule has 2 aromatic carbocycles. The van der Waals surface area contributed by atoms with E-state index in [1.54, 1.807) is 60.2 Å². The Morgan fingerprint density at radius 2 is 1.78 bits per heavy atom. The normalized spacial score (nSPS) is 11.7. The average Bonchev–Trinajstić information content (AvgIpc) is 2.91. The van der Waals surface area contributed by atoms with Gasteiger partial charge in [-0.15, -0.1) is 0 Å². The minimum atomic E-state index is -0.690. The average molecular weight is 557 g/mol. The Balaban J connectivity index is 1.90. The maximum absolute atomic E-state index is 13.5. The van der Waals surface area contributed by atoms with Crippen LogP contribution in [0.3, 0.4) is 0 Å². The first kappa shape index (κ1) is 24.3. The van der Waals surface area contributed by atoms with Crippen LogP contribution in [0.2, 0.25) is 0 Å². The molecule has 0 saturated heterocycles. The van der Waals surface area contributed by atoms with Gasteiger partial charge in [0.1, 0.15) is 16.9 Å². The lowest BCUT2D eigenvalue weighted by Crippen LogP contribution is -2.33. The first-order valence-corrected chi connectivity index (χ1v) is 12.4. The Morgan fingerprint density at radius 3 is 2.54 bits per heavy atom. The number of esters is 1. The molecule has 0 radical (unpaired) electrons. The van der Waals surface area contributed by atoms with E-state index in [2.05, 4.69) is 20.9 Å². The maximum atomic E-state index is 13.5. The zero-order valence-corrected chi connectivity index (χ0v) is 21.4. The second-order valence-corrected chi connectivity index (χ2v) is 9.10. The summed E-state index contributed by atoms with van der Waals surface area (Å²) in [6.45, 7) is 2.01. The second-order valence-electron chi connectivity index (χ2n) is 8.18. The number of pyridine rings is 2. The van der Waals surface area contributed by atoms with Crippen molar-refractivity contribution in [2.45, 2.75) is 13.5 Å². The molecule has 0 aliphatic heterocycles. The summed E-state index contributed by atoms with van der Waals surface area (Å²) in [6, 6.07) is 22.9. The monoisotopic (exact) mass is 556 g/mol. The van der Waals surface area contributed by atoms with E-state index in [9.17, 15) is 14.4 Å². The molecule has 37 heavy (non-hydrogen) atoms. The number of hydrogen-bond acceptors (Lipinski definition) is 5.